The van der Waals surface area contributed by atoms with E-state index in [1.807, 2.05) is 62.4 Å². The molecule has 7 heteroatoms. The molecule has 0 spiro atoms. The molecule has 0 aliphatic rings. The van der Waals surface area contributed by atoms with Gasteiger partial charge in [-0.3, -0.25) is 14.5 Å². The molecule has 5 nitrogen and oxygen atoms in total. The van der Waals surface area contributed by atoms with Gasteiger partial charge in [0, 0.05) is 20.9 Å². The van der Waals surface area contributed by atoms with Gasteiger partial charge in [-0.25, -0.2) is 0 Å². The largest absolute Gasteiger partial charge is 0.369 e. The van der Waals surface area contributed by atoms with Crippen molar-refractivity contribution in [2.45, 2.75) is 29.7 Å². The summed E-state index contributed by atoms with van der Waals surface area (Å²) in [5.41, 5.74) is 5.98. The number of primary amides is 1. The lowest BCUT2D eigenvalue weighted by Crippen LogP contribution is -2.43. The van der Waals surface area contributed by atoms with Crippen molar-refractivity contribution in [2.75, 3.05) is 18.4 Å². The van der Waals surface area contributed by atoms with Gasteiger partial charge in [0.25, 0.3) is 0 Å². The number of benzene rings is 2. The second kappa shape index (κ2) is 9.62. The van der Waals surface area contributed by atoms with E-state index in [1.165, 1.54) is 11.8 Å². The number of amides is 2. The monoisotopic (exact) mass is 391 g/mol. The highest BCUT2D eigenvalue weighted by atomic mass is 35.5. The summed E-state index contributed by atoms with van der Waals surface area (Å²) < 4.78 is 0. The van der Waals surface area contributed by atoms with Crippen molar-refractivity contribution >= 4 is 40.9 Å². The van der Waals surface area contributed by atoms with E-state index in [0.29, 0.717) is 5.02 Å². The zero-order valence-electron chi connectivity index (χ0n) is 14.7. The number of nitrogens with zero attached hydrogens (tertiary/aromatic N) is 1. The summed E-state index contributed by atoms with van der Waals surface area (Å²) in [4.78, 5) is 27.3. The molecule has 0 aliphatic carbocycles. The van der Waals surface area contributed by atoms with Gasteiger partial charge in [0.05, 0.1) is 18.8 Å². The van der Waals surface area contributed by atoms with Crippen LogP contribution in [0.3, 0.4) is 0 Å². The van der Waals surface area contributed by atoms with E-state index in [1.54, 1.807) is 4.90 Å². The van der Waals surface area contributed by atoms with Gasteiger partial charge >= 0.3 is 0 Å². The molecular weight excluding hydrogens is 370 g/mol. The number of nitrogens with one attached hydrogen (secondary N) is 1. The number of rotatable bonds is 8. The Bertz CT molecular complexity index is 766. The van der Waals surface area contributed by atoms with Crippen LogP contribution in [0.5, 0.6) is 0 Å². The first-order chi connectivity index (χ1) is 12.3. The molecule has 26 heavy (non-hydrogen) atoms. The highest BCUT2D eigenvalue weighted by Gasteiger charge is 2.17. The van der Waals surface area contributed by atoms with Gasteiger partial charge in [-0.2, -0.15) is 0 Å². The maximum Gasteiger partial charge on any atom is 0.238 e. The Morgan fingerprint density at radius 2 is 1.77 bits per heavy atom. The second-order valence-electron chi connectivity index (χ2n) is 6.07. The Morgan fingerprint density at radius 3 is 2.38 bits per heavy atom. The van der Waals surface area contributed by atoms with E-state index < -0.39 is 5.91 Å². The van der Waals surface area contributed by atoms with Crippen molar-refractivity contribution in [1.82, 2.24) is 4.90 Å². The topological polar surface area (TPSA) is 75.4 Å². The summed E-state index contributed by atoms with van der Waals surface area (Å²) in [5.74, 6) is -0.644. The van der Waals surface area contributed by atoms with Crippen molar-refractivity contribution in [3.05, 3.63) is 53.6 Å². The summed E-state index contributed by atoms with van der Waals surface area (Å²) >= 11 is 7.46. The molecular formula is C19H22ClN3O2S. The third-order valence-corrected chi connectivity index (χ3v) is 4.97. The highest BCUT2D eigenvalue weighted by molar-refractivity contribution is 7.99. The fraction of sp³-hybridized carbons (Fsp3) is 0.263. The molecule has 3 N–H and O–H groups in total. The molecule has 138 valence electrons. The maximum absolute atomic E-state index is 12.4. The molecule has 0 bridgehead atoms. The van der Waals surface area contributed by atoms with Crippen molar-refractivity contribution in [1.29, 1.82) is 0 Å². The summed E-state index contributed by atoms with van der Waals surface area (Å²) in [7, 11) is 0. The van der Waals surface area contributed by atoms with Gasteiger partial charge < -0.3 is 11.1 Å². The normalized spacial score (nSPS) is 11.0. The zero-order valence-corrected chi connectivity index (χ0v) is 16.3. The molecule has 2 amide bonds. The zero-order chi connectivity index (χ0) is 19.1. The number of halogens is 1. The van der Waals surface area contributed by atoms with Crippen LogP contribution in [0.1, 0.15) is 13.8 Å². The van der Waals surface area contributed by atoms with Gasteiger partial charge in [-0.05, 0) is 50.2 Å². The van der Waals surface area contributed by atoms with E-state index in [4.69, 9.17) is 17.3 Å². The van der Waals surface area contributed by atoms with Gasteiger partial charge in [0.15, 0.2) is 0 Å². The van der Waals surface area contributed by atoms with Crippen LogP contribution in [0.2, 0.25) is 5.02 Å². The van der Waals surface area contributed by atoms with Crippen LogP contribution < -0.4 is 11.1 Å². The molecule has 2 rings (SSSR count). The Hall–Kier alpha value is -2.02. The third kappa shape index (κ3) is 6.37. The van der Waals surface area contributed by atoms with Crippen molar-refractivity contribution in [3.8, 4) is 0 Å². The lowest BCUT2D eigenvalue weighted by atomic mass is 10.3. The molecule has 0 unspecified atom stereocenters. The smallest absolute Gasteiger partial charge is 0.238 e. The summed E-state index contributed by atoms with van der Waals surface area (Å²) in [5, 5.41) is 3.60. The van der Waals surface area contributed by atoms with Crippen LogP contribution in [0.4, 0.5) is 5.69 Å². The lowest BCUT2D eigenvalue weighted by molar-refractivity contribution is -0.121. The highest BCUT2D eigenvalue weighted by Crippen LogP contribution is 2.33. The Morgan fingerprint density at radius 1 is 1.12 bits per heavy atom. The average molecular weight is 392 g/mol. The number of nitrogens with two attached hydrogens (primary N) is 1. The van der Waals surface area contributed by atoms with Crippen LogP contribution in [0, 0.1) is 0 Å². The number of carbonyl (C=O) groups excluding carboxylic acids is 2. The van der Waals surface area contributed by atoms with Gasteiger partial charge in [0.2, 0.25) is 11.8 Å². The molecule has 2 aromatic carbocycles. The molecule has 2 aromatic rings. The van der Waals surface area contributed by atoms with Gasteiger partial charge in [-0.15, -0.1) is 0 Å². The number of hydrogen-bond donors (Lipinski definition) is 2. The van der Waals surface area contributed by atoms with E-state index in [2.05, 4.69) is 5.32 Å². The predicted octanol–water partition coefficient (Wildman–Crippen LogP) is 3.63. The SMILES string of the molecule is CC(C)N(CC(N)=O)CC(=O)Nc1ccccc1Sc1ccc(Cl)cc1. The maximum atomic E-state index is 12.4. The third-order valence-electron chi connectivity index (χ3n) is 3.64. The van der Waals surface area contributed by atoms with Crippen molar-refractivity contribution in [2.24, 2.45) is 5.73 Å². The lowest BCUT2D eigenvalue weighted by Gasteiger charge is -2.24. The predicted molar refractivity (Wildman–Crippen MR) is 107 cm³/mol. The van der Waals surface area contributed by atoms with Crippen molar-refractivity contribution < 1.29 is 9.59 Å². The van der Waals surface area contributed by atoms with E-state index in [0.717, 1.165) is 15.5 Å². The van der Waals surface area contributed by atoms with E-state index >= 15 is 0 Å². The van der Waals surface area contributed by atoms with E-state index in [-0.39, 0.29) is 25.0 Å². The second-order valence-corrected chi connectivity index (χ2v) is 7.62. The minimum absolute atomic E-state index is 0.0342. The first-order valence-electron chi connectivity index (χ1n) is 8.20. The number of para-hydroxylation sites is 1. The molecule has 0 heterocycles. The van der Waals surface area contributed by atoms with Crippen molar-refractivity contribution in [3.63, 3.8) is 0 Å². The number of hydrogen-bond acceptors (Lipinski definition) is 4. The number of carbonyl (C=O) groups is 2. The quantitative estimate of drug-likeness (QED) is 0.720. The standard InChI is InChI=1S/C19H22ClN3O2S/c1-13(2)23(11-18(21)24)12-19(25)22-16-5-3-4-6-17(16)26-15-9-7-14(20)8-10-15/h3-10,13H,11-12H2,1-2H3,(H2,21,24)(H,22,25). The van der Waals surface area contributed by atoms with Crippen LogP contribution >= 0.6 is 23.4 Å². The van der Waals surface area contributed by atoms with Gasteiger partial charge in [0.1, 0.15) is 0 Å². The first kappa shape index (κ1) is 20.3. The minimum Gasteiger partial charge on any atom is -0.369 e. The molecule has 0 saturated heterocycles. The summed E-state index contributed by atoms with van der Waals surface area (Å²) in [6.45, 7) is 3.98. The Labute approximate surface area is 162 Å². The Kier molecular flexibility index (Phi) is 7.50. The van der Waals surface area contributed by atoms with E-state index in [9.17, 15) is 9.59 Å². The van der Waals surface area contributed by atoms with Crippen LogP contribution in [0.15, 0.2) is 58.3 Å². The molecule has 0 radical (unpaired) electrons. The fourth-order valence-corrected chi connectivity index (χ4v) is 3.31. The van der Waals surface area contributed by atoms with Crippen LogP contribution in [0.25, 0.3) is 0 Å². The van der Waals surface area contributed by atoms with Crippen LogP contribution in [-0.2, 0) is 9.59 Å². The molecule has 0 atom stereocenters. The fourth-order valence-electron chi connectivity index (χ4n) is 2.28. The summed E-state index contributed by atoms with van der Waals surface area (Å²) in [6.07, 6.45) is 0. The molecule has 0 aromatic heterocycles. The number of anilines is 1. The van der Waals surface area contributed by atoms with Gasteiger partial charge in [-0.1, -0.05) is 35.5 Å². The molecule has 0 fully saturated rings. The van der Waals surface area contributed by atoms with Crippen LogP contribution in [-0.4, -0.2) is 35.8 Å². The molecule has 0 saturated carbocycles. The Balaban J connectivity index is 2.07. The minimum atomic E-state index is -0.454. The average Bonchev–Trinajstić information content (AvgIpc) is 2.57. The first-order valence-corrected chi connectivity index (χ1v) is 9.39. The summed E-state index contributed by atoms with van der Waals surface area (Å²) in [6, 6.07) is 15.1. The molecule has 0 aliphatic heterocycles.